The largest absolute Gasteiger partial charge is 0.491 e. The molecule has 2 rings (SSSR count). The van der Waals surface area contributed by atoms with Crippen LogP contribution in [-0.4, -0.2) is 43.1 Å². The van der Waals surface area contributed by atoms with E-state index in [1.165, 1.54) is 0 Å². The summed E-state index contributed by atoms with van der Waals surface area (Å²) in [4.78, 5) is 14.3. The Balaban J connectivity index is 2.00. The highest BCUT2D eigenvalue weighted by molar-refractivity contribution is 5.94. The lowest BCUT2D eigenvalue weighted by atomic mass is 10.1. The first kappa shape index (κ1) is 14.9. The zero-order valence-corrected chi connectivity index (χ0v) is 12.6. The van der Waals surface area contributed by atoms with Crippen molar-refractivity contribution in [3.8, 4) is 5.75 Å². The van der Waals surface area contributed by atoms with Gasteiger partial charge in [0.1, 0.15) is 5.75 Å². The highest BCUT2D eigenvalue weighted by Crippen LogP contribution is 2.17. The highest BCUT2D eigenvalue weighted by atomic mass is 16.5. The second-order valence-corrected chi connectivity index (χ2v) is 5.61. The summed E-state index contributed by atoms with van der Waals surface area (Å²) in [6.07, 6.45) is 2.35. The fourth-order valence-corrected chi connectivity index (χ4v) is 2.48. The molecule has 0 aromatic heterocycles. The zero-order chi connectivity index (χ0) is 14.5. The molecule has 1 fully saturated rings. The van der Waals surface area contributed by atoms with E-state index in [0.29, 0.717) is 11.6 Å². The van der Waals surface area contributed by atoms with Crippen LogP contribution in [0.1, 0.15) is 37.0 Å². The number of carbonyl (C=O) groups is 1. The van der Waals surface area contributed by atoms with Gasteiger partial charge in [0.2, 0.25) is 0 Å². The lowest BCUT2D eigenvalue weighted by molar-refractivity contribution is 0.0708. The first-order valence-electron chi connectivity index (χ1n) is 7.32. The third kappa shape index (κ3) is 3.73. The monoisotopic (exact) mass is 276 g/mol. The van der Waals surface area contributed by atoms with Crippen LogP contribution in [0.3, 0.4) is 0 Å². The Hall–Kier alpha value is -1.55. The van der Waals surface area contributed by atoms with Crippen LogP contribution < -0.4 is 10.1 Å². The minimum atomic E-state index is 0.0785. The number of piperidine rings is 1. The van der Waals surface area contributed by atoms with Gasteiger partial charge in [-0.15, -0.1) is 0 Å². The Morgan fingerprint density at radius 1 is 1.35 bits per heavy atom. The van der Waals surface area contributed by atoms with E-state index in [4.69, 9.17) is 4.74 Å². The molecule has 4 heteroatoms. The number of hydrogen-bond donors (Lipinski definition) is 1. The van der Waals surface area contributed by atoms with Gasteiger partial charge in [-0.05, 0) is 57.5 Å². The van der Waals surface area contributed by atoms with Crippen LogP contribution in [0, 0.1) is 0 Å². The first-order chi connectivity index (χ1) is 9.58. The third-order valence-corrected chi connectivity index (χ3v) is 3.61. The van der Waals surface area contributed by atoms with E-state index in [-0.39, 0.29) is 12.0 Å². The lowest BCUT2D eigenvalue weighted by Gasteiger charge is -2.31. The Morgan fingerprint density at radius 2 is 2.05 bits per heavy atom. The maximum Gasteiger partial charge on any atom is 0.253 e. The van der Waals surface area contributed by atoms with Crippen molar-refractivity contribution < 1.29 is 9.53 Å². The Bertz CT molecular complexity index is 436. The Morgan fingerprint density at radius 3 is 2.60 bits per heavy atom. The summed E-state index contributed by atoms with van der Waals surface area (Å²) in [5, 5.41) is 3.34. The summed E-state index contributed by atoms with van der Waals surface area (Å²) in [6.45, 7) is 5.92. The minimum Gasteiger partial charge on any atom is -0.491 e. The van der Waals surface area contributed by atoms with Crippen LogP contribution in [0.25, 0.3) is 0 Å². The fourth-order valence-electron chi connectivity index (χ4n) is 2.48. The molecule has 1 aliphatic heterocycles. The van der Waals surface area contributed by atoms with Crippen LogP contribution in [0.5, 0.6) is 5.75 Å². The molecule has 1 N–H and O–H groups in total. The molecule has 1 aromatic rings. The van der Waals surface area contributed by atoms with Crippen LogP contribution in [0.2, 0.25) is 0 Å². The normalized spacial score (nSPS) is 18.9. The van der Waals surface area contributed by atoms with E-state index in [0.717, 1.165) is 31.7 Å². The molecular formula is C16H24N2O2. The summed E-state index contributed by atoms with van der Waals surface area (Å²) < 4.78 is 5.59. The highest BCUT2D eigenvalue weighted by Gasteiger charge is 2.22. The van der Waals surface area contributed by atoms with E-state index in [1.54, 1.807) is 0 Å². The van der Waals surface area contributed by atoms with Crippen LogP contribution in [-0.2, 0) is 0 Å². The van der Waals surface area contributed by atoms with Gasteiger partial charge < -0.3 is 15.0 Å². The SMILES string of the molecule is CC(C)Oc1ccc(C(=O)N(C)[C@H]2CCCNC2)cc1. The molecule has 0 bridgehead atoms. The minimum absolute atomic E-state index is 0.0785. The van der Waals surface area contributed by atoms with Crippen molar-refractivity contribution in [2.24, 2.45) is 0 Å². The molecule has 0 unspecified atom stereocenters. The molecule has 20 heavy (non-hydrogen) atoms. The average molecular weight is 276 g/mol. The van der Waals surface area contributed by atoms with Crippen molar-refractivity contribution >= 4 is 5.91 Å². The topological polar surface area (TPSA) is 41.6 Å². The number of nitrogens with one attached hydrogen (secondary N) is 1. The standard InChI is InChI=1S/C16H24N2O2/c1-12(2)20-15-8-6-13(7-9-15)16(19)18(3)14-5-4-10-17-11-14/h6-9,12,14,17H,4-5,10-11H2,1-3H3/t14-/m0/s1. The van der Waals surface area contributed by atoms with Gasteiger partial charge in [0, 0.05) is 25.2 Å². The first-order valence-corrected chi connectivity index (χ1v) is 7.32. The molecule has 0 radical (unpaired) electrons. The molecule has 0 spiro atoms. The zero-order valence-electron chi connectivity index (χ0n) is 12.6. The van der Waals surface area contributed by atoms with Gasteiger partial charge in [-0.25, -0.2) is 0 Å². The summed E-state index contributed by atoms with van der Waals surface area (Å²) >= 11 is 0. The Labute approximate surface area is 121 Å². The van der Waals surface area contributed by atoms with Gasteiger partial charge >= 0.3 is 0 Å². The van der Waals surface area contributed by atoms with E-state index in [9.17, 15) is 4.79 Å². The molecule has 1 amide bonds. The van der Waals surface area contributed by atoms with Crippen molar-refractivity contribution in [2.75, 3.05) is 20.1 Å². The smallest absolute Gasteiger partial charge is 0.253 e. The predicted molar refractivity (Wildman–Crippen MR) is 80.2 cm³/mol. The summed E-state index contributed by atoms with van der Waals surface area (Å²) in [5.41, 5.74) is 0.717. The molecule has 1 aliphatic rings. The second kappa shape index (κ2) is 6.75. The van der Waals surface area contributed by atoms with Crippen LogP contribution >= 0.6 is 0 Å². The fraction of sp³-hybridized carbons (Fsp3) is 0.562. The van der Waals surface area contributed by atoms with Gasteiger partial charge in [0.15, 0.2) is 0 Å². The van der Waals surface area contributed by atoms with Gasteiger partial charge in [-0.3, -0.25) is 4.79 Å². The molecule has 0 saturated carbocycles. The van der Waals surface area contributed by atoms with Crippen molar-refractivity contribution in [1.82, 2.24) is 10.2 Å². The summed E-state index contributed by atoms with van der Waals surface area (Å²) in [5.74, 6) is 0.883. The van der Waals surface area contributed by atoms with Gasteiger partial charge in [-0.1, -0.05) is 0 Å². The van der Waals surface area contributed by atoms with E-state index in [2.05, 4.69) is 5.32 Å². The number of rotatable bonds is 4. The Kier molecular flexibility index (Phi) is 5.01. The number of benzene rings is 1. The van der Waals surface area contributed by atoms with Crippen molar-refractivity contribution in [2.45, 2.75) is 38.8 Å². The molecule has 4 nitrogen and oxygen atoms in total. The van der Waals surface area contributed by atoms with Crippen LogP contribution in [0.15, 0.2) is 24.3 Å². The second-order valence-electron chi connectivity index (χ2n) is 5.61. The predicted octanol–water partition coefficient (Wildman–Crippen LogP) is 2.30. The third-order valence-electron chi connectivity index (χ3n) is 3.61. The van der Waals surface area contributed by atoms with E-state index in [1.807, 2.05) is 50.1 Å². The van der Waals surface area contributed by atoms with Crippen molar-refractivity contribution in [3.05, 3.63) is 29.8 Å². The van der Waals surface area contributed by atoms with Crippen molar-refractivity contribution in [1.29, 1.82) is 0 Å². The molecule has 0 aliphatic carbocycles. The quantitative estimate of drug-likeness (QED) is 0.917. The number of nitrogens with zero attached hydrogens (tertiary/aromatic N) is 1. The van der Waals surface area contributed by atoms with Crippen molar-refractivity contribution in [3.63, 3.8) is 0 Å². The number of hydrogen-bond acceptors (Lipinski definition) is 3. The molecule has 1 heterocycles. The average Bonchev–Trinajstić information content (AvgIpc) is 2.47. The lowest BCUT2D eigenvalue weighted by Crippen LogP contribution is -2.46. The van der Waals surface area contributed by atoms with E-state index >= 15 is 0 Å². The molecular weight excluding hydrogens is 252 g/mol. The van der Waals surface area contributed by atoms with Gasteiger partial charge in [0.05, 0.1) is 6.10 Å². The van der Waals surface area contributed by atoms with Crippen LogP contribution in [0.4, 0.5) is 0 Å². The summed E-state index contributed by atoms with van der Waals surface area (Å²) in [6, 6.07) is 7.70. The number of ether oxygens (including phenoxy) is 1. The number of likely N-dealkylation sites (N-methyl/N-ethyl adjacent to an activating group) is 1. The molecule has 1 atom stereocenters. The molecule has 110 valence electrons. The number of carbonyl (C=O) groups excluding carboxylic acids is 1. The maximum atomic E-state index is 12.4. The molecule has 1 saturated heterocycles. The van der Waals surface area contributed by atoms with E-state index < -0.39 is 0 Å². The van der Waals surface area contributed by atoms with Gasteiger partial charge in [-0.2, -0.15) is 0 Å². The molecule has 1 aromatic carbocycles. The maximum absolute atomic E-state index is 12.4. The number of amides is 1. The van der Waals surface area contributed by atoms with Gasteiger partial charge in [0.25, 0.3) is 5.91 Å². The summed E-state index contributed by atoms with van der Waals surface area (Å²) in [7, 11) is 1.89.